The molecule has 0 aliphatic rings. The fraction of sp³-hybridized carbons (Fsp3) is 0.238. The fourth-order valence-electron chi connectivity index (χ4n) is 2.84. The maximum absolute atomic E-state index is 12.2. The van der Waals surface area contributed by atoms with E-state index in [9.17, 15) is 14.9 Å². The molecule has 1 heterocycles. The van der Waals surface area contributed by atoms with Gasteiger partial charge < -0.3 is 9.73 Å². The molecule has 0 bridgehead atoms. The van der Waals surface area contributed by atoms with Crippen molar-refractivity contribution in [2.24, 2.45) is 0 Å². The summed E-state index contributed by atoms with van der Waals surface area (Å²) < 4.78 is 5.71. The maximum Gasteiger partial charge on any atom is 0.269 e. The van der Waals surface area contributed by atoms with Crippen molar-refractivity contribution in [3.63, 3.8) is 0 Å². The number of carbonyl (C=O) groups is 1. The zero-order chi connectivity index (χ0) is 20.1. The predicted molar refractivity (Wildman–Crippen MR) is 105 cm³/mol. The average molecular weight is 379 g/mol. The lowest BCUT2D eigenvalue weighted by molar-refractivity contribution is -0.384. The molecule has 0 saturated carbocycles. The summed E-state index contributed by atoms with van der Waals surface area (Å²) in [4.78, 5) is 26.9. The number of aromatic nitrogens is 1. The van der Waals surface area contributed by atoms with Crippen LogP contribution in [0.15, 0.2) is 52.9 Å². The minimum Gasteiger partial charge on any atom is -0.441 e. The van der Waals surface area contributed by atoms with E-state index in [1.54, 1.807) is 19.1 Å². The van der Waals surface area contributed by atoms with Gasteiger partial charge in [0, 0.05) is 24.2 Å². The molecule has 3 aromatic rings. The van der Waals surface area contributed by atoms with Gasteiger partial charge in [-0.25, -0.2) is 4.98 Å². The summed E-state index contributed by atoms with van der Waals surface area (Å²) in [5.74, 6) is 0.992. The van der Waals surface area contributed by atoms with Crippen molar-refractivity contribution in [3.8, 4) is 11.5 Å². The zero-order valence-corrected chi connectivity index (χ0v) is 15.8. The molecule has 0 atom stereocenters. The van der Waals surface area contributed by atoms with Crippen molar-refractivity contribution in [3.05, 3.63) is 81.2 Å². The summed E-state index contributed by atoms with van der Waals surface area (Å²) >= 11 is 0. The number of nitro groups is 1. The first kappa shape index (κ1) is 19.3. The van der Waals surface area contributed by atoms with Gasteiger partial charge in [0.15, 0.2) is 0 Å². The van der Waals surface area contributed by atoms with Gasteiger partial charge in [-0.15, -0.1) is 0 Å². The van der Waals surface area contributed by atoms with Crippen LogP contribution >= 0.6 is 0 Å². The van der Waals surface area contributed by atoms with E-state index in [2.05, 4.69) is 10.3 Å². The second-order valence-electron chi connectivity index (χ2n) is 6.59. The van der Waals surface area contributed by atoms with Crippen LogP contribution in [0.4, 0.5) is 5.69 Å². The molecule has 0 saturated heterocycles. The second-order valence-corrected chi connectivity index (χ2v) is 6.59. The molecule has 1 aromatic heterocycles. The Morgan fingerprint density at radius 1 is 1.18 bits per heavy atom. The number of amides is 1. The molecule has 144 valence electrons. The number of nitrogens with one attached hydrogen (secondary N) is 1. The molecule has 1 amide bonds. The van der Waals surface area contributed by atoms with Crippen molar-refractivity contribution >= 4 is 11.6 Å². The Balaban J connectivity index is 1.54. The summed E-state index contributed by atoms with van der Waals surface area (Å²) in [7, 11) is 0. The second kappa shape index (κ2) is 8.47. The van der Waals surface area contributed by atoms with Gasteiger partial charge in [0.2, 0.25) is 11.8 Å². The summed E-state index contributed by atoms with van der Waals surface area (Å²) in [6.45, 7) is 4.24. The van der Waals surface area contributed by atoms with E-state index in [0.717, 1.165) is 16.7 Å². The molecular formula is C21H21N3O4. The molecule has 7 heteroatoms. The number of rotatable bonds is 7. The van der Waals surface area contributed by atoms with Crippen LogP contribution in [0.2, 0.25) is 0 Å². The molecule has 0 radical (unpaired) electrons. The van der Waals surface area contributed by atoms with Crippen LogP contribution < -0.4 is 5.32 Å². The highest BCUT2D eigenvalue weighted by Crippen LogP contribution is 2.22. The topological polar surface area (TPSA) is 98.3 Å². The first-order valence-electron chi connectivity index (χ1n) is 8.96. The number of oxazole rings is 1. The first-order valence-corrected chi connectivity index (χ1v) is 8.96. The number of benzene rings is 2. The number of hydrogen-bond acceptors (Lipinski definition) is 5. The van der Waals surface area contributed by atoms with Crippen LogP contribution in [-0.2, 0) is 17.6 Å². The third kappa shape index (κ3) is 4.82. The van der Waals surface area contributed by atoms with E-state index in [0.29, 0.717) is 30.3 Å². The van der Waals surface area contributed by atoms with E-state index in [1.165, 1.54) is 12.1 Å². The highest BCUT2D eigenvalue weighted by molar-refractivity contribution is 5.78. The Morgan fingerprint density at radius 3 is 2.61 bits per heavy atom. The Kier molecular flexibility index (Phi) is 5.84. The van der Waals surface area contributed by atoms with E-state index in [1.807, 2.05) is 31.2 Å². The summed E-state index contributed by atoms with van der Waals surface area (Å²) in [5.41, 5.74) is 3.58. The lowest BCUT2D eigenvalue weighted by Gasteiger charge is -2.04. The summed E-state index contributed by atoms with van der Waals surface area (Å²) in [6.07, 6.45) is 0.734. The molecular weight excluding hydrogens is 358 g/mol. The standard InChI is InChI=1S/C21H21N3O4/c1-14-4-3-5-17(12-14)21-23-19(15(2)28-21)13-20(25)22-11-10-16-6-8-18(9-7-16)24(26)27/h3-9,12H,10-11,13H2,1-2H3,(H,22,25). The molecule has 7 nitrogen and oxygen atoms in total. The number of non-ortho nitro benzene ring substituents is 1. The van der Waals surface area contributed by atoms with Crippen LogP contribution in [0, 0.1) is 24.0 Å². The lowest BCUT2D eigenvalue weighted by atomic mass is 10.1. The van der Waals surface area contributed by atoms with Crippen LogP contribution in [0.25, 0.3) is 11.5 Å². The minimum atomic E-state index is -0.434. The van der Waals surface area contributed by atoms with E-state index in [4.69, 9.17) is 4.42 Å². The molecule has 28 heavy (non-hydrogen) atoms. The van der Waals surface area contributed by atoms with Crippen LogP contribution in [-0.4, -0.2) is 22.4 Å². The molecule has 0 spiro atoms. The monoisotopic (exact) mass is 379 g/mol. The van der Waals surface area contributed by atoms with Crippen LogP contribution in [0.5, 0.6) is 0 Å². The molecule has 1 N–H and O–H groups in total. The first-order chi connectivity index (χ1) is 13.4. The molecule has 3 rings (SSSR count). The number of nitro benzene ring substituents is 1. The van der Waals surface area contributed by atoms with Gasteiger partial charge >= 0.3 is 0 Å². The van der Waals surface area contributed by atoms with Gasteiger partial charge in [-0.1, -0.05) is 29.8 Å². The zero-order valence-electron chi connectivity index (χ0n) is 15.8. The maximum atomic E-state index is 12.2. The summed E-state index contributed by atoms with van der Waals surface area (Å²) in [6, 6.07) is 14.2. The Morgan fingerprint density at radius 2 is 1.93 bits per heavy atom. The minimum absolute atomic E-state index is 0.0544. The normalized spacial score (nSPS) is 10.6. The Bertz CT molecular complexity index is 993. The van der Waals surface area contributed by atoms with Gasteiger partial charge in [-0.05, 0) is 38.0 Å². The summed E-state index contributed by atoms with van der Waals surface area (Å²) in [5, 5.41) is 13.5. The third-order valence-electron chi connectivity index (χ3n) is 4.37. The van der Waals surface area contributed by atoms with Gasteiger partial charge in [0.05, 0.1) is 17.0 Å². The van der Waals surface area contributed by atoms with Crippen molar-refractivity contribution in [1.82, 2.24) is 10.3 Å². The van der Waals surface area contributed by atoms with Crippen LogP contribution in [0.1, 0.15) is 22.6 Å². The van der Waals surface area contributed by atoms with Crippen LogP contribution in [0.3, 0.4) is 0 Å². The smallest absolute Gasteiger partial charge is 0.269 e. The largest absolute Gasteiger partial charge is 0.441 e. The molecule has 0 aliphatic heterocycles. The predicted octanol–water partition coefficient (Wildman–Crippen LogP) is 3.77. The van der Waals surface area contributed by atoms with Crippen molar-refractivity contribution < 1.29 is 14.1 Å². The molecule has 2 aromatic carbocycles. The number of nitrogens with zero attached hydrogens (tertiary/aromatic N) is 2. The highest BCUT2D eigenvalue weighted by Gasteiger charge is 2.14. The quantitative estimate of drug-likeness (QED) is 0.498. The van der Waals surface area contributed by atoms with Gasteiger partial charge in [-0.2, -0.15) is 0 Å². The van der Waals surface area contributed by atoms with E-state index < -0.39 is 4.92 Å². The van der Waals surface area contributed by atoms with E-state index in [-0.39, 0.29) is 18.0 Å². The number of carbonyl (C=O) groups excluding carboxylic acids is 1. The Labute approximate surface area is 162 Å². The molecule has 0 unspecified atom stereocenters. The third-order valence-corrected chi connectivity index (χ3v) is 4.37. The van der Waals surface area contributed by atoms with Crippen molar-refractivity contribution in [2.45, 2.75) is 26.7 Å². The van der Waals surface area contributed by atoms with Gasteiger partial charge in [0.1, 0.15) is 5.76 Å². The lowest BCUT2D eigenvalue weighted by Crippen LogP contribution is -2.27. The van der Waals surface area contributed by atoms with Gasteiger partial charge in [-0.3, -0.25) is 14.9 Å². The van der Waals surface area contributed by atoms with E-state index >= 15 is 0 Å². The van der Waals surface area contributed by atoms with Gasteiger partial charge in [0.25, 0.3) is 5.69 Å². The van der Waals surface area contributed by atoms with Crippen molar-refractivity contribution in [1.29, 1.82) is 0 Å². The fourth-order valence-corrected chi connectivity index (χ4v) is 2.84. The van der Waals surface area contributed by atoms with Crippen molar-refractivity contribution in [2.75, 3.05) is 6.54 Å². The highest BCUT2D eigenvalue weighted by atomic mass is 16.6. The molecule has 0 fully saturated rings. The Hall–Kier alpha value is -3.48. The SMILES string of the molecule is Cc1cccc(-c2nc(CC(=O)NCCc3ccc([N+](=O)[O-])cc3)c(C)o2)c1. The molecule has 0 aliphatic carbocycles. The number of hydrogen-bond donors (Lipinski definition) is 1. The average Bonchev–Trinajstić information content (AvgIpc) is 3.02. The number of aryl methyl sites for hydroxylation is 2.